The number of alkyl carbamates (subject to hydrolysis) is 1. The van der Waals surface area contributed by atoms with Crippen LogP contribution in [0, 0.1) is 23.7 Å². The average Bonchev–Trinajstić information content (AvgIpc) is 2.16. The van der Waals surface area contributed by atoms with Gasteiger partial charge in [-0.15, -0.1) is 11.3 Å². The molecule has 0 aliphatic carbocycles. The summed E-state index contributed by atoms with van der Waals surface area (Å²) in [7, 11) is 3.69. The number of carboxylic acids is 1. The number of imide groups is 1. The lowest BCUT2D eigenvalue weighted by molar-refractivity contribution is -0.942. The van der Waals surface area contributed by atoms with Crippen molar-refractivity contribution in [3.63, 3.8) is 0 Å². The van der Waals surface area contributed by atoms with E-state index in [9.17, 15) is 57.8 Å². The number of ether oxygens (including phenoxy) is 2. The molecule has 0 saturated carbocycles. The van der Waals surface area contributed by atoms with Gasteiger partial charge in [0.05, 0.1) is 26.1 Å². The molecule has 5 rings (SSSR count). The summed E-state index contributed by atoms with van der Waals surface area (Å²) in [6.07, 6.45) is 3.38. The van der Waals surface area contributed by atoms with Crippen molar-refractivity contribution in [1.82, 2.24) is 41.4 Å². The van der Waals surface area contributed by atoms with Gasteiger partial charge in [0, 0.05) is 73.7 Å². The van der Waals surface area contributed by atoms with Gasteiger partial charge in [-0.3, -0.25) is 52.8 Å². The van der Waals surface area contributed by atoms with E-state index in [0.29, 0.717) is 52.4 Å². The molecule has 0 radical (unpaired) electrons. The normalized spacial score (nSPS) is 18.5. The molecule has 2 aliphatic heterocycles. The first-order chi connectivity index (χ1) is 42.2. The van der Waals surface area contributed by atoms with E-state index < -0.39 is 114 Å². The Bertz CT molecular complexity index is 3060. The minimum Gasteiger partial charge on any atom is -0.481 e. The molecule has 10 atom stereocenters. The van der Waals surface area contributed by atoms with Crippen molar-refractivity contribution < 1.29 is 71.8 Å². The number of carbonyl (C=O) groups excluding carboxylic acids is 10. The van der Waals surface area contributed by atoms with Gasteiger partial charge in [-0.1, -0.05) is 97.4 Å². The number of benzene rings is 2. The number of piperidine rings is 1. The summed E-state index contributed by atoms with van der Waals surface area (Å²) in [5.74, 6) is -7.90. The maximum Gasteiger partial charge on any atom is 0.408 e. The summed E-state index contributed by atoms with van der Waals surface area (Å²) in [4.78, 5) is 154. The first-order valence-corrected chi connectivity index (χ1v) is 31.8. The van der Waals surface area contributed by atoms with Crippen molar-refractivity contribution in [2.24, 2.45) is 23.7 Å². The van der Waals surface area contributed by atoms with Crippen molar-refractivity contribution in [2.45, 2.75) is 189 Å². The second-order valence-corrected chi connectivity index (χ2v) is 26.4. The molecule has 9 amide bonds. The lowest BCUT2D eigenvalue weighted by Gasteiger charge is -2.44. The number of esters is 1. The third kappa shape index (κ3) is 20.2. The number of aliphatic carboxylic acids is 1. The van der Waals surface area contributed by atoms with Crippen LogP contribution in [0.5, 0.6) is 0 Å². The highest BCUT2D eigenvalue weighted by atomic mass is 32.1. The molecule has 0 bridgehead atoms. The molecule has 7 N–H and O–H groups in total. The predicted octanol–water partition coefficient (Wildman–Crippen LogP) is 6.20. The Morgan fingerprint density at radius 1 is 0.811 bits per heavy atom. The van der Waals surface area contributed by atoms with Gasteiger partial charge in [0.2, 0.25) is 17.7 Å². The molecule has 1 aromatic heterocycles. The lowest BCUT2D eigenvalue weighted by Crippen LogP contribution is -2.63. The smallest absolute Gasteiger partial charge is 0.408 e. The zero-order chi connectivity index (χ0) is 66.9. The third-order valence-corrected chi connectivity index (χ3v) is 17.5. The number of carboxylic acid groups (broad SMARTS) is 1. The number of thiazole rings is 1. The molecule has 492 valence electrons. The highest BCUT2D eigenvalue weighted by Gasteiger charge is 2.45. The van der Waals surface area contributed by atoms with Crippen molar-refractivity contribution in [2.75, 3.05) is 32.5 Å². The van der Waals surface area contributed by atoms with E-state index in [0.717, 1.165) is 47.5 Å². The van der Waals surface area contributed by atoms with Crippen LogP contribution in [0.2, 0.25) is 0 Å². The van der Waals surface area contributed by atoms with Gasteiger partial charge in [-0.2, -0.15) is 0 Å². The Balaban J connectivity index is 1.23. The third-order valence-electron chi connectivity index (χ3n) is 16.6. The van der Waals surface area contributed by atoms with Crippen LogP contribution in [-0.2, 0) is 65.6 Å². The fourth-order valence-corrected chi connectivity index (χ4v) is 12.0. The van der Waals surface area contributed by atoms with E-state index in [1.54, 1.807) is 64.1 Å². The molecule has 4 unspecified atom stereocenters. The summed E-state index contributed by atoms with van der Waals surface area (Å²) in [6.45, 7) is 20.7. The van der Waals surface area contributed by atoms with Crippen molar-refractivity contribution in [1.29, 1.82) is 0 Å². The van der Waals surface area contributed by atoms with E-state index in [1.165, 1.54) is 20.8 Å². The molecular weight excluding hydrogens is 1180 g/mol. The molecule has 90 heavy (non-hydrogen) atoms. The number of hydrogen-bond acceptors (Lipinski definition) is 15. The van der Waals surface area contributed by atoms with E-state index in [2.05, 4.69) is 36.9 Å². The number of nitrogens with zero attached hydrogens (tertiary/aromatic N) is 4. The maximum absolute atomic E-state index is 14.9. The molecule has 2 aliphatic rings. The summed E-state index contributed by atoms with van der Waals surface area (Å²) in [5.41, 5.74) is 0.440. The van der Waals surface area contributed by atoms with Crippen LogP contribution in [0.3, 0.4) is 0 Å². The molecule has 24 nitrogen and oxygen atoms in total. The van der Waals surface area contributed by atoms with Gasteiger partial charge in [0.1, 0.15) is 35.4 Å². The lowest BCUT2D eigenvalue weighted by atomic mass is 9.92. The Labute approximate surface area is 532 Å². The quantitative estimate of drug-likeness (QED) is 0.0214. The van der Waals surface area contributed by atoms with Crippen LogP contribution in [0.1, 0.15) is 154 Å². The number of aromatic nitrogens is 1. The van der Waals surface area contributed by atoms with Crippen LogP contribution < -0.4 is 31.9 Å². The van der Waals surface area contributed by atoms with Gasteiger partial charge in [-0.05, 0) is 88.8 Å². The minimum atomic E-state index is -1.79. The fraction of sp³-hybridized carbons (Fsp3) is 0.569. The van der Waals surface area contributed by atoms with E-state index >= 15 is 0 Å². The van der Waals surface area contributed by atoms with E-state index in [1.807, 2.05) is 77.2 Å². The van der Waals surface area contributed by atoms with Crippen LogP contribution in [0.4, 0.5) is 10.5 Å². The van der Waals surface area contributed by atoms with Crippen LogP contribution in [-0.4, -0.2) is 165 Å². The number of quaternary nitrogens is 1. The molecule has 1 saturated heterocycles. The molecule has 25 heteroatoms. The number of hydrogen-bond donors (Lipinski definition) is 7. The predicted molar refractivity (Wildman–Crippen MR) is 338 cm³/mol. The summed E-state index contributed by atoms with van der Waals surface area (Å²) in [6, 6.07) is 11.1. The number of nitrogens with one attached hydrogen (secondary N) is 6. The molecule has 2 aromatic carbocycles. The van der Waals surface area contributed by atoms with Gasteiger partial charge in [0.25, 0.3) is 29.5 Å². The highest BCUT2D eigenvalue weighted by Crippen LogP contribution is 2.33. The van der Waals surface area contributed by atoms with Crippen LogP contribution >= 0.6 is 11.3 Å². The standard InChI is InChI=1S/C65H92N10O14S/c1-15-40(8)55(61(83)73(13)48(37(2)3)33-51(88-42(10)76)60-70-47(36-90-60)56(79)68-46(31-41(9)62(84)85)32-43-21-17-16-18-22-43)72-58(81)50-23-19-20-30-75(50,14)35-44-24-26-45(27-25-44)69-63(86)65(11,12)89-64(87)66-34-49(74-52(77)28-29-53(74)78)57(80)71-54(38(4)5)59(82)67-39(6)7/h16-18,21-22,24-29,36-41,46,48-51,54-55H,15,19-20,23,30-35H2,1-14H3,(H6-,66,67,68,69,71,72,79,80,81,82,84,85,86,87)/p+1/t40-,41-,46?,48?,49-,50-,51?,54-,55?,75+/m0/s1. The Hall–Kier alpha value is -8.06. The van der Waals surface area contributed by atoms with Crippen LogP contribution in [0.25, 0.3) is 0 Å². The average molecular weight is 1270 g/mol. The topological polar surface area (TPSA) is 318 Å². The molecular formula is C65H93N10O14S+. The van der Waals surface area contributed by atoms with Crippen molar-refractivity contribution in [3.8, 4) is 0 Å². The van der Waals surface area contributed by atoms with Gasteiger partial charge in [-0.25, -0.2) is 9.78 Å². The number of carbonyl (C=O) groups is 11. The molecule has 0 spiro atoms. The molecule has 3 aromatic rings. The monoisotopic (exact) mass is 1270 g/mol. The SMILES string of the molecule is CC[C@H](C)C(NC(=O)[C@@H]1CCCC[N@+]1(C)Cc1ccc(NC(=O)C(C)(C)OC(=O)NC[C@@H](C(=O)N[C@H](C(=O)NC(C)C)C(C)C)N2C(=O)C=CC2=O)cc1)C(=O)N(C)C(CC(OC(C)=O)c1nc(C(=O)NC(Cc2ccccc2)C[C@H](C)C(=O)O)cs1)C(C)C. The Morgan fingerprint density at radius 2 is 1.46 bits per heavy atom. The number of likely N-dealkylation sites (tertiary alicyclic amines) is 1. The molecule has 3 heterocycles. The van der Waals surface area contributed by atoms with Gasteiger partial charge >= 0.3 is 18.0 Å². The van der Waals surface area contributed by atoms with Crippen molar-refractivity contribution >= 4 is 82.3 Å². The zero-order valence-electron chi connectivity index (χ0n) is 54.4. The number of likely N-dealkylation sites (N-methyl/N-ethyl adjacent to an activating group) is 2. The summed E-state index contributed by atoms with van der Waals surface area (Å²) < 4.78 is 11.7. The van der Waals surface area contributed by atoms with Gasteiger partial charge in [0.15, 0.2) is 17.7 Å². The number of anilines is 1. The Kier molecular flexibility index (Phi) is 26.3. The van der Waals surface area contributed by atoms with Crippen molar-refractivity contribution in [3.05, 3.63) is 94.0 Å². The van der Waals surface area contributed by atoms with Crippen LogP contribution in [0.15, 0.2) is 72.1 Å². The first kappa shape index (κ1) is 72.7. The van der Waals surface area contributed by atoms with Gasteiger partial charge < -0.3 is 55.9 Å². The summed E-state index contributed by atoms with van der Waals surface area (Å²) in [5, 5.41) is 28.2. The second kappa shape index (κ2) is 32.6. The Morgan fingerprint density at radius 3 is 2.03 bits per heavy atom. The minimum absolute atomic E-state index is 0.0724. The molecule has 1 fully saturated rings. The summed E-state index contributed by atoms with van der Waals surface area (Å²) >= 11 is 1.13. The fourth-order valence-electron chi connectivity index (χ4n) is 11.2. The highest BCUT2D eigenvalue weighted by molar-refractivity contribution is 7.09. The van der Waals surface area contributed by atoms with E-state index in [4.69, 9.17) is 9.47 Å². The largest absolute Gasteiger partial charge is 0.481 e. The zero-order valence-corrected chi connectivity index (χ0v) is 55.2. The first-order valence-electron chi connectivity index (χ1n) is 30.9. The number of amides is 9. The second-order valence-electron chi connectivity index (χ2n) is 25.5. The number of rotatable bonds is 31. The maximum atomic E-state index is 14.9. The van der Waals surface area contributed by atoms with E-state index in [-0.39, 0.29) is 54.1 Å².